The second-order valence-electron chi connectivity index (χ2n) is 3.65. The first-order valence-electron chi connectivity index (χ1n) is 5.19. The van der Waals surface area contributed by atoms with Crippen molar-refractivity contribution in [2.45, 2.75) is 0 Å². The van der Waals surface area contributed by atoms with E-state index < -0.39 is 18.5 Å². The van der Waals surface area contributed by atoms with E-state index in [9.17, 15) is 9.59 Å². The summed E-state index contributed by atoms with van der Waals surface area (Å²) in [5.74, 6) is -1.93. The Hall–Kier alpha value is -2.56. The fourth-order valence-electron chi connectivity index (χ4n) is 1.74. The van der Waals surface area contributed by atoms with Crippen LogP contribution in [0.2, 0.25) is 0 Å². The van der Waals surface area contributed by atoms with E-state index in [0.717, 1.165) is 0 Å². The molecule has 2 aromatic rings. The first kappa shape index (κ1) is 11.9. The van der Waals surface area contributed by atoms with Crippen LogP contribution in [0.5, 0.6) is 5.75 Å². The van der Waals surface area contributed by atoms with Crippen LogP contribution < -0.4 is 4.74 Å². The highest BCUT2D eigenvalue weighted by Crippen LogP contribution is 2.29. The highest BCUT2D eigenvalue weighted by Gasteiger charge is 2.13. The van der Waals surface area contributed by atoms with Crippen LogP contribution >= 0.6 is 0 Å². The van der Waals surface area contributed by atoms with E-state index in [4.69, 9.17) is 14.9 Å². The van der Waals surface area contributed by atoms with Gasteiger partial charge in [-0.3, -0.25) is 0 Å². The summed E-state index contributed by atoms with van der Waals surface area (Å²) in [6, 6.07) is 9.82. The highest BCUT2D eigenvalue weighted by molar-refractivity contribution is 6.06. The van der Waals surface area contributed by atoms with Crippen LogP contribution in [0.1, 0.15) is 10.4 Å². The van der Waals surface area contributed by atoms with Gasteiger partial charge in [0.2, 0.25) is 0 Å². The van der Waals surface area contributed by atoms with Crippen molar-refractivity contribution >= 4 is 22.7 Å². The molecule has 92 valence electrons. The number of ether oxygens (including phenoxy) is 1. The molecule has 2 aromatic carbocycles. The largest absolute Gasteiger partial charge is 0.481 e. The van der Waals surface area contributed by atoms with E-state index in [1.54, 1.807) is 30.3 Å². The number of carboxylic acid groups (broad SMARTS) is 2. The number of hydrogen-bond acceptors (Lipinski definition) is 3. The topological polar surface area (TPSA) is 83.8 Å². The van der Waals surface area contributed by atoms with Crippen LogP contribution in [0.4, 0.5) is 0 Å². The van der Waals surface area contributed by atoms with E-state index in [-0.39, 0.29) is 11.3 Å². The number of hydrogen-bond donors (Lipinski definition) is 2. The minimum atomic E-state index is -1.11. The summed E-state index contributed by atoms with van der Waals surface area (Å²) in [6.07, 6.45) is 0. The molecule has 0 fully saturated rings. The molecule has 0 atom stereocenters. The first-order chi connectivity index (χ1) is 8.59. The standard InChI is InChI=1S/C13H10O5/c14-11(15)7-18-10-6-2-4-8-3-1-5-9(12(8)10)13(16)17/h1-6H,7H2,(H,14,15)(H,16,17). The molecule has 2 N–H and O–H groups in total. The van der Waals surface area contributed by atoms with Crippen molar-refractivity contribution < 1.29 is 24.5 Å². The predicted molar refractivity (Wildman–Crippen MR) is 64.0 cm³/mol. The number of rotatable bonds is 4. The molecular formula is C13H10O5. The number of benzene rings is 2. The smallest absolute Gasteiger partial charge is 0.341 e. The lowest BCUT2D eigenvalue weighted by molar-refractivity contribution is -0.139. The number of aromatic carboxylic acids is 1. The van der Waals surface area contributed by atoms with Gasteiger partial charge in [-0.15, -0.1) is 0 Å². The quantitative estimate of drug-likeness (QED) is 0.861. The third kappa shape index (κ3) is 2.24. The van der Waals surface area contributed by atoms with Crippen molar-refractivity contribution in [1.82, 2.24) is 0 Å². The summed E-state index contributed by atoms with van der Waals surface area (Å²) in [7, 11) is 0. The highest BCUT2D eigenvalue weighted by atomic mass is 16.5. The van der Waals surface area contributed by atoms with Gasteiger partial charge in [-0.05, 0) is 17.5 Å². The molecule has 0 aliphatic carbocycles. The molecular weight excluding hydrogens is 236 g/mol. The number of aliphatic carboxylic acids is 1. The Kier molecular flexibility index (Phi) is 3.14. The zero-order chi connectivity index (χ0) is 13.1. The van der Waals surface area contributed by atoms with Gasteiger partial charge in [0.15, 0.2) is 6.61 Å². The number of carboxylic acids is 2. The van der Waals surface area contributed by atoms with Gasteiger partial charge in [0.05, 0.1) is 5.56 Å². The van der Waals surface area contributed by atoms with Crippen LogP contribution in [-0.4, -0.2) is 28.8 Å². The Balaban J connectivity index is 2.58. The third-order valence-corrected chi connectivity index (χ3v) is 2.45. The van der Waals surface area contributed by atoms with Crippen molar-refractivity contribution in [2.24, 2.45) is 0 Å². The monoisotopic (exact) mass is 246 g/mol. The normalized spacial score (nSPS) is 10.2. The predicted octanol–water partition coefficient (Wildman–Crippen LogP) is 2.00. The summed E-state index contributed by atoms with van der Waals surface area (Å²) in [5, 5.41) is 18.8. The summed E-state index contributed by atoms with van der Waals surface area (Å²) in [5.41, 5.74) is 0.0912. The summed E-state index contributed by atoms with van der Waals surface area (Å²) >= 11 is 0. The van der Waals surface area contributed by atoms with Gasteiger partial charge in [0.25, 0.3) is 0 Å². The van der Waals surface area contributed by atoms with E-state index >= 15 is 0 Å². The lowest BCUT2D eigenvalue weighted by atomic mass is 10.0. The van der Waals surface area contributed by atoms with Gasteiger partial charge in [-0.25, -0.2) is 9.59 Å². The van der Waals surface area contributed by atoms with Crippen LogP contribution in [0.3, 0.4) is 0 Å². The van der Waals surface area contributed by atoms with Gasteiger partial charge in [0.1, 0.15) is 5.75 Å². The summed E-state index contributed by atoms with van der Waals surface area (Å²) in [6.45, 7) is -0.507. The van der Waals surface area contributed by atoms with Crippen molar-refractivity contribution in [1.29, 1.82) is 0 Å². The number of fused-ring (bicyclic) bond motifs is 1. The van der Waals surface area contributed by atoms with Gasteiger partial charge >= 0.3 is 11.9 Å². The van der Waals surface area contributed by atoms with Crippen LogP contribution in [0.25, 0.3) is 10.8 Å². The maximum atomic E-state index is 11.1. The van der Waals surface area contributed by atoms with E-state index in [1.165, 1.54) is 6.07 Å². The minimum absolute atomic E-state index is 0.0912. The fourth-order valence-corrected chi connectivity index (χ4v) is 1.74. The molecule has 0 unspecified atom stereocenters. The Morgan fingerprint density at radius 1 is 1.06 bits per heavy atom. The van der Waals surface area contributed by atoms with Crippen LogP contribution in [-0.2, 0) is 4.79 Å². The molecule has 0 amide bonds. The molecule has 0 aliphatic heterocycles. The molecule has 5 heteroatoms. The molecule has 0 bridgehead atoms. The van der Waals surface area contributed by atoms with E-state index in [2.05, 4.69) is 0 Å². The van der Waals surface area contributed by atoms with Gasteiger partial charge in [-0.2, -0.15) is 0 Å². The zero-order valence-electron chi connectivity index (χ0n) is 9.29. The van der Waals surface area contributed by atoms with E-state index in [0.29, 0.717) is 10.8 Å². The lowest BCUT2D eigenvalue weighted by Gasteiger charge is -2.09. The third-order valence-electron chi connectivity index (χ3n) is 2.45. The molecule has 5 nitrogen and oxygen atoms in total. The van der Waals surface area contributed by atoms with Crippen molar-refractivity contribution in [3.05, 3.63) is 42.0 Å². The summed E-state index contributed by atoms with van der Waals surface area (Å²) in [4.78, 5) is 21.6. The summed E-state index contributed by atoms with van der Waals surface area (Å²) < 4.78 is 5.11. The molecule has 2 rings (SSSR count). The van der Waals surface area contributed by atoms with Crippen molar-refractivity contribution in [3.63, 3.8) is 0 Å². The molecule has 0 saturated carbocycles. The molecule has 0 aliphatic rings. The molecule has 0 radical (unpaired) electrons. The van der Waals surface area contributed by atoms with Gasteiger partial charge in [-0.1, -0.05) is 24.3 Å². The maximum Gasteiger partial charge on any atom is 0.341 e. The molecule has 0 saturated heterocycles. The average Bonchev–Trinajstić information content (AvgIpc) is 2.35. The lowest BCUT2D eigenvalue weighted by Crippen LogP contribution is -2.10. The van der Waals surface area contributed by atoms with Gasteiger partial charge in [0, 0.05) is 5.39 Å². The second-order valence-corrected chi connectivity index (χ2v) is 3.65. The van der Waals surface area contributed by atoms with E-state index in [1.807, 2.05) is 0 Å². The molecule has 0 heterocycles. The maximum absolute atomic E-state index is 11.1. The Bertz CT molecular complexity index is 613. The minimum Gasteiger partial charge on any atom is -0.481 e. The SMILES string of the molecule is O=C(O)COc1cccc2cccc(C(=O)O)c12. The Labute approximate surface area is 102 Å². The van der Waals surface area contributed by atoms with Crippen molar-refractivity contribution in [3.8, 4) is 5.75 Å². The first-order valence-corrected chi connectivity index (χ1v) is 5.19. The van der Waals surface area contributed by atoms with Crippen LogP contribution in [0, 0.1) is 0 Å². The van der Waals surface area contributed by atoms with Crippen LogP contribution in [0.15, 0.2) is 36.4 Å². The van der Waals surface area contributed by atoms with Gasteiger partial charge < -0.3 is 14.9 Å². The zero-order valence-corrected chi connectivity index (χ0v) is 9.29. The fraction of sp³-hybridized carbons (Fsp3) is 0.0769. The van der Waals surface area contributed by atoms with Crippen molar-refractivity contribution in [2.75, 3.05) is 6.61 Å². The molecule has 18 heavy (non-hydrogen) atoms. The Morgan fingerprint density at radius 2 is 1.72 bits per heavy atom. The molecule has 0 aromatic heterocycles. The second kappa shape index (κ2) is 4.75. The average molecular weight is 246 g/mol. The molecule has 0 spiro atoms. The number of carbonyl (C=O) groups is 2. The Morgan fingerprint density at radius 3 is 2.33 bits per heavy atom.